The van der Waals surface area contributed by atoms with Crippen LogP contribution in [0, 0.1) is 13.8 Å². The highest BCUT2D eigenvalue weighted by Crippen LogP contribution is 2.30. The van der Waals surface area contributed by atoms with Crippen molar-refractivity contribution >= 4 is 23.3 Å². The van der Waals surface area contributed by atoms with Crippen LogP contribution in [0.25, 0.3) is 5.78 Å². The van der Waals surface area contributed by atoms with Crippen LogP contribution < -0.4 is 4.90 Å². The van der Waals surface area contributed by atoms with Crippen LogP contribution in [0.4, 0.5) is 5.69 Å². The highest BCUT2D eigenvalue weighted by molar-refractivity contribution is 5.97. The Morgan fingerprint density at radius 1 is 1.21 bits per heavy atom. The number of rotatable bonds is 3. The maximum Gasteiger partial charge on any atom is 0.378 e. The molecule has 144 valence electrons. The summed E-state index contributed by atoms with van der Waals surface area (Å²) in [5, 5.41) is 4.14. The summed E-state index contributed by atoms with van der Waals surface area (Å²) >= 11 is 0. The molecule has 0 saturated carbocycles. The Kier molecular flexibility index (Phi) is 4.54. The van der Waals surface area contributed by atoms with Crippen molar-refractivity contribution in [1.29, 1.82) is 0 Å². The summed E-state index contributed by atoms with van der Waals surface area (Å²) in [4.78, 5) is 35.2. The first kappa shape index (κ1) is 18.1. The molecule has 4 rings (SSSR count). The third kappa shape index (κ3) is 3.21. The van der Waals surface area contributed by atoms with Crippen LogP contribution in [0.3, 0.4) is 0 Å². The van der Waals surface area contributed by atoms with E-state index in [1.165, 1.54) is 4.52 Å². The van der Waals surface area contributed by atoms with Gasteiger partial charge < -0.3 is 9.64 Å². The van der Waals surface area contributed by atoms with Crippen molar-refractivity contribution in [2.24, 2.45) is 0 Å². The van der Waals surface area contributed by atoms with Crippen LogP contribution >= 0.6 is 0 Å². The second-order valence-electron chi connectivity index (χ2n) is 7.04. The van der Waals surface area contributed by atoms with Crippen molar-refractivity contribution in [2.75, 3.05) is 11.5 Å². The fraction of sp³-hybridized carbons (Fsp3) is 0.350. The second kappa shape index (κ2) is 7.03. The Labute approximate surface area is 162 Å². The number of hydrogen-bond donors (Lipinski definition) is 0. The van der Waals surface area contributed by atoms with E-state index in [2.05, 4.69) is 15.1 Å². The summed E-state index contributed by atoms with van der Waals surface area (Å²) in [6, 6.07) is 9.70. The van der Waals surface area contributed by atoms with Crippen LogP contribution in [-0.2, 0) is 16.0 Å². The molecular formula is C20H21N5O3. The number of para-hydroxylation sites is 1. The van der Waals surface area contributed by atoms with Gasteiger partial charge in [-0.1, -0.05) is 18.2 Å². The third-order valence-corrected chi connectivity index (χ3v) is 4.92. The van der Waals surface area contributed by atoms with Gasteiger partial charge >= 0.3 is 5.97 Å². The van der Waals surface area contributed by atoms with Crippen molar-refractivity contribution in [3.05, 3.63) is 53.1 Å². The van der Waals surface area contributed by atoms with Gasteiger partial charge in [-0.15, -0.1) is 5.10 Å². The summed E-state index contributed by atoms with van der Waals surface area (Å²) in [6.07, 6.45) is 1.80. The van der Waals surface area contributed by atoms with Gasteiger partial charge in [-0.25, -0.2) is 14.3 Å². The lowest BCUT2D eigenvalue weighted by Crippen LogP contribution is -2.44. The zero-order valence-corrected chi connectivity index (χ0v) is 16.0. The number of carbonyl (C=O) groups is 2. The van der Waals surface area contributed by atoms with E-state index in [0.717, 1.165) is 35.5 Å². The van der Waals surface area contributed by atoms with E-state index < -0.39 is 5.97 Å². The van der Waals surface area contributed by atoms with E-state index in [1.54, 1.807) is 4.90 Å². The molecule has 1 atom stereocenters. The minimum atomic E-state index is -0.742. The smallest absolute Gasteiger partial charge is 0.378 e. The van der Waals surface area contributed by atoms with Gasteiger partial charge in [0.15, 0.2) is 6.61 Å². The lowest BCUT2D eigenvalue weighted by molar-refractivity contribution is -0.122. The molecule has 0 spiro atoms. The summed E-state index contributed by atoms with van der Waals surface area (Å²) in [5.74, 6) is -0.786. The molecule has 0 N–H and O–H groups in total. The number of ether oxygens (including phenoxy) is 1. The monoisotopic (exact) mass is 379 g/mol. The van der Waals surface area contributed by atoms with Crippen LogP contribution in [0.1, 0.15) is 40.9 Å². The van der Waals surface area contributed by atoms with Crippen LogP contribution in [-0.4, -0.2) is 44.1 Å². The number of aromatic nitrogens is 4. The molecule has 0 radical (unpaired) electrons. The summed E-state index contributed by atoms with van der Waals surface area (Å²) < 4.78 is 6.69. The van der Waals surface area contributed by atoms with E-state index in [1.807, 2.05) is 51.1 Å². The van der Waals surface area contributed by atoms with Gasteiger partial charge in [0.1, 0.15) is 0 Å². The molecule has 8 heteroatoms. The topological polar surface area (TPSA) is 89.7 Å². The molecule has 0 saturated heterocycles. The average molecular weight is 379 g/mol. The first-order chi connectivity index (χ1) is 13.4. The summed E-state index contributed by atoms with van der Waals surface area (Å²) in [6.45, 7) is 5.33. The normalized spacial score (nSPS) is 16.1. The Hall–Kier alpha value is -3.29. The predicted octanol–water partition coefficient (Wildman–Crippen LogP) is 2.27. The second-order valence-corrected chi connectivity index (χ2v) is 7.04. The maximum absolute atomic E-state index is 12.8. The quantitative estimate of drug-likeness (QED) is 0.649. The Morgan fingerprint density at radius 3 is 2.82 bits per heavy atom. The SMILES string of the molecule is Cc1cc(C)n2nc(C(=O)OCC(=O)N3c4ccccc4CCC3C)nc2n1. The van der Waals surface area contributed by atoms with Crippen molar-refractivity contribution in [2.45, 2.75) is 39.7 Å². The molecule has 0 bridgehead atoms. The maximum atomic E-state index is 12.8. The van der Waals surface area contributed by atoms with E-state index >= 15 is 0 Å². The lowest BCUT2D eigenvalue weighted by atomic mass is 9.96. The van der Waals surface area contributed by atoms with E-state index in [9.17, 15) is 9.59 Å². The molecule has 0 aliphatic carbocycles. The number of fused-ring (bicyclic) bond motifs is 2. The first-order valence-electron chi connectivity index (χ1n) is 9.22. The highest BCUT2D eigenvalue weighted by Gasteiger charge is 2.29. The zero-order valence-electron chi connectivity index (χ0n) is 16.0. The van der Waals surface area contributed by atoms with E-state index in [4.69, 9.17) is 4.74 Å². The van der Waals surface area contributed by atoms with Gasteiger partial charge in [0.25, 0.3) is 17.5 Å². The van der Waals surface area contributed by atoms with Gasteiger partial charge in [-0.2, -0.15) is 4.98 Å². The summed E-state index contributed by atoms with van der Waals surface area (Å²) in [5.41, 5.74) is 3.59. The molecule has 28 heavy (non-hydrogen) atoms. The predicted molar refractivity (Wildman–Crippen MR) is 102 cm³/mol. The number of nitrogens with zero attached hydrogens (tertiary/aromatic N) is 5. The standard InChI is InChI=1S/C20H21N5O3/c1-12-10-14(3)25-20(21-12)22-18(23-25)19(27)28-11-17(26)24-13(2)8-9-15-6-4-5-7-16(15)24/h4-7,10,13H,8-9,11H2,1-3H3. The average Bonchev–Trinajstić information content (AvgIpc) is 3.10. The van der Waals surface area contributed by atoms with Gasteiger partial charge in [-0.05, 0) is 51.3 Å². The van der Waals surface area contributed by atoms with Crippen LogP contribution in [0.5, 0.6) is 0 Å². The van der Waals surface area contributed by atoms with E-state index in [-0.39, 0.29) is 24.4 Å². The molecule has 3 heterocycles. The number of anilines is 1. The van der Waals surface area contributed by atoms with Crippen molar-refractivity contribution in [3.8, 4) is 0 Å². The van der Waals surface area contributed by atoms with Crippen molar-refractivity contribution < 1.29 is 14.3 Å². The number of benzene rings is 1. The van der Waals surface area contributed by atoms with Gasteiger partial charge in [0, 0.05) is 23.1 Å². The first-order valence-corrected chi connectivity index (χ1v) is 9.22. The molecule has 0 fully saturated rings. The number of amides is 1. The Bertz CT molecular complexity index is 1070. The largest absolute Gasteiger partial charge is 0.450 e. The molecule has 1 amide bonds. The fourth-order valence-corrected chi connectivity index (χ4v) is 3.58. The van der Waals surface area contributed by atoms with Crippen LogP contribution in [0.15, 0.2) is 30.3 Å². The molecule has 1 unspecified atom stereocenters. The van der Waals surface area contributed by atoms with Gasteiger partial charge in [-0.3, -0.25) is 4.79 Å². The molecule has 1 aromatic carbocycles. The molecule has 8 nitrogen and oxygen atoms in total. The van der Waals surface area contributed by atoms with E-state index in [0.29, 0.717) is 5.78 Å². The summed E-state index contributed by atoms with van der Waals surface area (Å²) in [7, 11) is 0. The zero-order chi connectivity index (χ0) is 19.8. The Balaban J connectivity index is 1.49. The fourth-order valence-electron chi connectivity index (χ4n) is 3.58. The lowest BCUT2D eigenvalue weighted by Gasteiger charge is -2.35. The number of esters is 1. The Morgan fingerprint density at radius 2 is 2.00 bits per heavy atom. The van der Waals surface area contributed by atoms with Gasteiger partial charge in [0.2, 0.25) is 0 Å². The van der Waals surface area contributed by atoms with Crippen molar-refractivity contribution in [3.63, 3.8) is 0 Å². The number of carbonyl (C=O) groups excluding carboxylic acids is 2. The number of aryl methyl sites for hydroxylation is 3. The number of hydrogen-bond acceptors (Lipinski definition) is 6. The van der Waals surface area contributed by atoms with Crippen LogP contribution in [0.2, 0.25) is 0 Å². The molecular weight excluding hydrogens is 358 g/mol. The van der Waals surface area contributed by atoms with Crippen molar-refractivity contribution in [1.82, 2.24) is 19.6 Å². The highest BCUT2D eigenvalue weighted by atomic mass is 16.5. The minimum Gasteiger partial charge on any atom is -0.450 e. The van der Waals surface area contributed by atoms with Gasteiger partial charge in [0.05, 0.1) is 0 Å². The molecule has 2 aromatic heterocycles. The minimum absolute atomic E-state index is 0.0456. The molecule has 1 aliphatic heterocycles. The third-order valence-electron chi connectivity index (χ3n) is 4.92. The molecule has 3 aromatic rings. The molecule has 1 aliphatic rings.